The van der Waals surface area contributed by atoms with Crippen LogP contribution in [0.5, 0.6) is 0 Å². The highest BCUT2D eigenvalue weighted by atomic mass is 16.3. The van der Waals surface area contributed by atoms with E-state index >= 15 is 0 Å². The third-order valence-electron chi connectivity index (χ3n) is 5.20. The molecule has 0 radical (unpaired) electrons. The highest BCUT2D eigenvalue weighted by molar-refractivity contribution is 5.94. The number of benzene rings is 1. The zero-order valence-corrected chi connectivity index (χ0v) is 14.0. The maximum absolute atomic E-state index is 12.6. The summed E-state index contributed by atoms with van der Waals surface area (Å²) in [6.45, 7) is 6.37. The van der Waals surface area contributed by atoms with Crippen molar-refractivity contribution in [1.29, 1.82) is 0 Å². The fraction of sp³-hybridized carbons (Fsp3) is 0.526. The van der Waals surface area contributed by atoms with Crippen LogP contribution in [-0.2, 0) is 0 Å². The van der Waals surface area contributed by atoms with Crippen molar-refractivity contribution in [2.24, 2.45) is 0 Å². The molecule has 2 aliphatic heterocycles. The van der Waals surface area contributed by atoms with Crippen molar-refractivity contribution in [3.63, 3.8) is 0 Å². The van der Waals surface area contributed by atoms with Crippen LogP contribution in [-0.4, -0.2) is 70.3 Å². The lowest BCUT2D eigenvalue weighted by Crippen LogP contribution is -2.57. The number of carbonyl (C=O) groups is 1. The van der Waals surface area contributed by atoms with E-state index in [9.17, 15) is 15.0 Å². The van der Waals surface area contributed by atoms with Crippen LogP contribution in [0.2, 0.25) is 0 Å². The maximum atomic E-state index is 12.6. The molecule has 2 fully saturated rings. The van der Waals surface area contributed by atoms with Gasteiger partial charge in [0.2, 0.25) is 0 Å². The number of β-amino-alcohol motifs (C(OH)–C–C–N with tert-alkyl or cyclic N) is 1. The zero-order valence-electron chi connectivity index (χ0n) is 14.0. The maximum Gasteiger partial charge on any atom is 0.253 e. The molecule has 1 aromatic rings. The normalized spacial score (nSPS) is 26.3. The molecule has 5 heteroatoms. The highest BCUT2D eigenvalue weighted by Crippen LogP contribution is 2.22. The Morgan fingerprint density at radius 3 is 2.33 bits per heavy atom. The van der Waals surface area contributed by atoms with Gasteiger partial charge in [-0.1, -0.05) is 24.8 Å². The molecule has 0 aliphatic carbocycles. The molecule has 0 spiro atoms. The summed E-state index contributed by atoms with van der Waals surface area (Å²) in [6.07, 6.45) is 3.31. The topological polar surface area (TPSA) is 64.0 Å². The van der Waals surface area contributed by atoms with Crippen molar-refractivity contribution in [2.75, 3.05) is 26.2 Å². The van der Waals surface area contributed by atoms with Crippen LogP contribution < -0.4 is 0 Å². The first-order valence-corrected chi connectivity index (χ1v) is 8.70. The minimum absolute atomic E-state index is 0.0304. The summed E-state index contributed by atoms with van der Waals surface area (Å²) < 4.78 is 0. The van der Waals surface area contributed by atoms with Crippen LogP contribution in [0.3, 0.4) is 0 Å². The van der Waals surface area contributed by atoms with Gasteiger partial charge in [-0.15, -0.1) is 0 Å². The van der Waals surface area contributed by atoms with E-state index in [1.807, 2.05) is 24.3 Å². The average molecular weight is 330 g/mol. The smallest absolute Gasteiger partial charge is 0.253 e. The van der Waals surface area contributed by atoms with Gasteiger partial charge in [0.25, 0.3) is 5.91 Å². The second-order valence-electron chi connectivity index (χ2n) is 6.77. The lowest BCUT2D eigenvalue weighted by Gasteiger charge is -2.43. The monoisotopic (exact) mass is 330 g/mol. The number of piperidine rings is 2. The number of aliphatic hydroxyl groups excluding tert-OH is 2. The van der Waals surface area contributed by atoms with E-state index in [2.05, 4.69) is 11.5 Å². The molecule has 2 N–H and O–H groups in total. The van der Waals surface area contributed by atoms with Gasteiger partial charge in [0.05, 0.1) is 12.2 Å². The molecule has 3 rings (SSSR count). The quantitative estimate of drug-likeness (QED) is 0.878. The molecule has 0 aromatic heterocycles. The molecule has 0 saturated carbocycles. The summed E-state index contributed by atoms with van der Waals surface area (Å²) in [5.74, 6) is -0.0304. The number of hydrogen-bond acceptors (Lipinski definition) is 4. The van der Waals surface area contributed by atoms with Crippen LogP contribution in [0.1, 0.15) is 35.2 Å². The van der Waals surface area contributed by atoms with E-state index in [0.29, 0.717) is 18.7 Å². The first-order chi connectivity index (χ1) is 11.6. The van der Waals surface area contributed by atoms with Crippen molar-refractivity contribution in [3.05, 3.63) is 42.0 Å². The van der Waals surface area contributed by atoms with E-state index < -0.39 is 6.10 Å². The summed E-state index contributed by atoms with van der Waals surface area (Å²) >= 11 is 0. The Balaban J connectivity index is 1.60. The second kappa shape index (κ2) is 7.47. The minimum atomic E-state index is -0.537. The lowest BCUT2D eigenvalue weighted by molar-refractivity contribution is -0.0291. The molecule has 2 aliphatic rings. The van der Waals surface area contributed by atoms with E-state index in [-0.39, 0.29) is 18.1 Å². The largest absolute Gasteiger partial charge is 0.393 e. The molecular formula is C19H26N2O3. The van der Waals surface area contributed by atoms with E-state index in [4.69, 9.17) is 0 Å². The molecule has 2 heterocycles. The molecule has 2 atom stereocenters. The van der Waals surface area contributed by atoms with Crippen LogP contribution in [0.25, 0.3) is 6.08 Å². The van der Waals surface area contributed by atoms with Gasteiger partial charge in [0, 0.05) is 37.8 Å². The summed E-state index contributed by atoms with van der Waals surface area (Å²) in [6, 6.07) is 7.46. The molecule has 5 nitrogen and oxygen atoms in total. The predicted octanol–water partition coefficient (Wildman–Crippen LogP) is 1.36. The fourth-order valence-electron chi connectivity index (χ4n) is 3.69. The van der Waals surface area contributed by atoms with E-state index in [0.717, 1.165) is 37.9 Å². The minimum Gasteiger partial charge on any atom is -0.393 e. The summed E-state index contributed by atoms with van der Waals surface area (Å²) in [7, 11) is 0. The van der Waals surface area contributed by atoms with Gasteiger partial charge in [-0.2, -0.15) is 0 Å². The molecule has 130 valence electrons. The molecule has 0 bridgehead atoms. The SMILES string of the molecule is C=Cc1ccc(C(=O)N2CC[C@@H](N3CCC(O)CC3)[C@H](O)C2)cc1. The Bertz CT molecular complexity index is 579. The molecule has 1 aromatic carbocycles. The average Bonchev–Trinajstić information content (AvgIpc) is 2.62. The summed E-state index contributed by atoms with van der Waals surface area (Å²) in [4.78, 5) is 16.6. The number of nitrogens with zero attached hydrogens (tertiary/aromatic N) is 2. The van der Waals surface area contributed by atoms with Gasteiger partial charge in [0.15, 0.2) is 0 Å². The Hall–Kier alpha value is -1.69. The van der Waals surface area contributed by atoms with Gasteiger partial charge in [-0.25, -0.2) is 0 Å². The van der Waals surface area contributed by atoms with Gasteiger partial charge < -0.3 is 15.1 Å². The Morgan fingerprint density at radius 1 is 1.08 bits per heavy atom. The Morgan fingerprint density at radius 2 is 1.75 bits per heavy atom. The van der Waals surface area contributed by atoms with Gasteiger partial charge in [-0.3, -0.25) is 9.69 Å². The number of hydrogen-bond donors (Lipinski definition) is 2. The summed E-state index contributed by atoms with van der Waals surface area (Å²) in [5.41, 5.74) is 1.63. The molecule has 2 saturated heterocycles. The van der Waals surface area contributed by atoms with Crippen LogP contribution in [0.15, 0.2) is 30.8 Å². The standard InChI is InChI=1S/C19H26N2O3/c1-2-14-3-5-15(6-4-14)19(24)21-12-9-17(18(23)13-21)20-10-7-16(22)8-11-20/h2-6,16-18,22-23H,1,7-13H2/t17-,18-/m1/s1. The number of carbonyl (C=O) groups excluding carboxylic acids is 1. The van der Waals surface area contributed by atoms with Crippen molar-refractivity contribution in [1.82, 2.24) is 9.80 Å². The van der Waals surface area contributed by atoms with Crippen LogP contribution in [0.4, 0.5) is 0 Å². The molecule has 0 unspecified atom stereocenters. The predicted molar refractivity (Wildman–Crippen MR) is 93.7 cm³/mol. The number of aliphatic hydroxyl groups is 2. The molecule has 1 amide bonds. The lowest BCUT2D eigenvalue weighted by atomic mass is 9.96. The molecular weight excluding hydrogens is 304 g/mol. The van der Waals surface area contributed by atoms with Crippen LogP contribution >= 0.6 is 0 Å². The van der Waals surface area contributed by atoms with Gasteiger partial charge in [0.1, 0.15) is 0 Å². The van der Waals surface area contributed by atoms with Crippen LogP contribution in [0, 0.1) is 0 Å². The fourth-order valence-corrected chi connectivity index (χ4v) is 3.69. The van der Waals surface area contributed by atoms with Crippen molar-refractivity contribution < 1.29 is 15.0 Å². The van der Waals surface area contributed by atoms with Crippen molar-refractivity contribution in [3.8, 4) is 0 Å². The molecule has 24 heavy (non-hydrogen) atoms. The number of amides is 1. The Kier molecular flexibility index (Phi) is 5.33. The van der Waals surface area contributed by atoms with E-state index in [1.165, 1.54) is 0 Å². The van der Waals surface area contributed by atoms with Crippen molar-refractivity contribution in [2.45, 2.75) is 37.5 Å². The third kappa shape index (κ3) is 3.69. The number of likely N-dealkylation sites (tertiary alicyclic amines) is 2. The highest BCUT2D eigenvalue weighted by Gasteiger charge is 2.35. The van der Waals surface area contributed by atoms with E-state index in [1.54, 1.807) is 11.0 Å². The Labute approximate surface area is 143 Å². The van der Waals surface area contributed by atoms with Gasteiger partial charge >= 0.3 is 0 Å². The second-order valence-corrected chi connectivity index (χ2v) is 6.77. The number of rotatable bonds is 3. The first kappa shape index (κ1) is 17.1. The zero-order chi connectivity index (χ0) is 17.1. The third-order valence-corrected chi connectivity index (χ3v) is 5.20. The summed E-state index contributed by atoms with van der Waals surface area (Å²) in [5, 5.41) is 20.1. The van der Waals surface area contributed by atoms with Crippen molar-refractivity contribution >= 4 is 12.0 Å². The van der Waals surface area contributed by atoms with Gasteiger partial charge in [-0.05, 0) is 37.0 Å². The first-order valence-electron chi connectivity index (χ1n) is 8.70.